The van der Waals surface area contributed by atoms with Crippen LogP contribution >= 0.6 is 0 Å². The molecule has 0 amide bonds. The molecule has 5 rings (SSSR count). The second kappa shape index (κ2) is 4.34. The molecule has 1 aromatic rings. The average molecular weight is 255 g/mol. The van der Waals surface area contributed by atoms with E-state index in [1.54, 1.807) is 0 Å². The zero-order valence-electron chi connectivity index (χ0n) is 11.7. The Morgan fingerprint density at radius 1 is 0.947 bits per heavy atom. The SMILES string of the molecule is NC(Cc1ccccc1)C12CC3CC(CC(C3)C1)C2. The number of hydrogen-bond acceptors (Lipinski definition) is 1. The van der Waals surface area contributed by atoms with E-state index in [0.29, 0.717) is 11.5 Å². The van der Waals surface area contributed by atoms with Crippen molar-refractivity contribution in [1.29, 1.82) is 0 Å². The predicted octanol–water partition coefficient (Wildman–Crippen LogP) is 3.77. The van der Waals surface area contributed by atoms with Gasteiger partial charge >= 0.3 is 0 Å². The summed E-state index contributed by atoms with van der Waals surface area (Å²) >= 11 is 0. The Hall–Kier alpha value is -0.820. The van der Waals surface area contributed by atoms with E-state index in [9.17, 15) is 0 Å². The van der Waals surface area contributed by atoms with E-state index in [0.717, 1.165) is 24.2 Å². The van der Waals surface area contributed by atoms with E-state index in [-0.39, 0.29) is 0 Å². The molecule has 4 aliphatic carbocycles. The van der Waals surface area contributed by atoms with Crippen LogP contribution in [0.3, 0.4) is 0 Å². The van der Waals surface area contributed by atoms with E-state index in [4.69, 9.17) is 5.73 Å². The summed E-state index contributed by atoms with van der Waals surface area (Å²) in [4.78, 5) is 0. The van der Waals surface area contributed by atoms with Crippen LogP contribution in [0.15, 0.2) is 30.3 Å². The Morgan fingerprint density at radius 2 is 1.47 bits per heavy atom. The molecule has 102 valence electrons. The van der Waals surface area contributed by atoms with Gasteiger partial charge in [-0.2, -0.15) is 0 Å². The van der Waals surface area contributed by atoms with E-state index >= 15 is 0 Å². The Balaban J connectivity index is 1.55. The molecule has 1 heteroatoms. The van der Waals surface area contributed by atoms with Crippen LogP contribution in [0.4, 0.5) is 0 Å². The number of nitrogens with two attached hydrogens (primary N) is 1. The van der Waals surface area contributed by atoms with Gasteiger partial charge in [0.2, 0.25) is 0 Å². The molecule has 0 spiro atoms. The molecule has 1 aromatic carbocycles. The molecule has 4 bridgehead atoms. The third kappa shape index (κ3) is 2.03. The molecule has 1 unspecified atom stereocenters. The Bertz CT molecular complexity index is 415. The first-order chi connectivity index (χ1) is 9.23. The van der Waals surface area contributed by atoms with Crippen LogP contribution in [0.25, 0.3) is 0 Å². The van der Waals surface area contributed by atoms with Crippen LogP contribution in [0, 0.1) is 23.2 Å². The van der Waals surface area contributed by atoms with Crippen molar-refractivity contribution in [1.82, 2.24) is 0 Å². The van der Waals surface area contributed by atoms with Crippen molar-refractivity contribution in [3.05, 3.63) is 35.9 Å². The largest absolute Gasteiger partial charge is 0.327 e. The van der Waals surface area contributed by atoms with Crippen LogP contribution in [0.2, 0.25) is 0 Å². The van der Waals surface area contributed by atoms with Crippen molar-refractivity contribution in [2.75, 3.05) is 0 Å². The van der Waals surface area contributed by atoms with Gasteiger partial charge in [-0.3, -0.25) is 0 Å². The van der Waals surface area contributed by atoms with E-state index < -0.39 is 0 Å². The predicted molar refractivity (Wildman–Crippen MR) is 78.7 cm³/mol. The number of rotatable bonds is 3. The van der Waals surface area contributed by atoms with Crippen molar-refractivity contribution >= 4 is 0 Å². The molecule has 4 aliphatic rings. The monoisotopic (exact) mass is 255 g/mol. The van der Waals surface area contributed by atoms with Gasteiger partial charge in [-0.25, -0.2) is 0 Å². The summed E-state index contributed by atoms with van der Waals surface area (Å²) in [6, 6.07) is 11.2. The smallest absolute Gasteiger partial charge is 0.0136 e. The highest BCUT2D eigenvalue weighted by molar-refractivity contribution is 5.18. The van der Waals surface area contributed by atoms with Crippen molar-refractivity contribution in [3.63, 3.8) is 0 Å². The van der Waals surface area contributed by atoms with Gasteiger partial charge in [-0.05, 0) is 73.7 Å². The molecule has 4 saturated carbocycles. The first-order valence-corrected chi connectivity index (χ1v) is 8.03. The number of benzene rings is 1. The second-order valence-electron chi connectivity index (χ2n) is 7.58. The van der Waals surface area contributed by atoms with Gasteiger partial charge < -0.3 is 5.73 Å². The molecule has 1 atom stereocenters. The quantitative estimate of drug-likeness (QED) is 0.874. The molecule has 1 nitrogen and oxygen atoms in total. The van der Waals surface area contributed by atoms with Crippen molar-refractivity contribution in [2.45, 2.75) is 51.0 Å². The van der Waals surface area contributed by atoms with Crippen LogP contribution in [-0.4, -0.2) is 6.04 Å². The topological polar surface area (TPSA) is 26.0 Å². The Kier molecular flexibility index (Phi) is 2.73. The second-order valence-corrected chi connectivity index (χ2v) is 7.58. The highest BCUT2D eigenvalue weighted by Crippen LogP contribution is 2.61. The minimum Gasteiger partial charge on any atom is -0.327 e. The third-order valence-corrected chi connectivity index (χ3v) is 6.17. The van der Waals surface area contributed by atoms with Gasteiger partial charge in [0, 0.05) is 6.04 Å². The standard InChI is InChI=1S/C18H25N/c19-17(9-13-4-2-1-3-5-13)18-10-14-6-15(11-18)8-16(7-14)12-18/h1-5,14-17H,6-12,19H2. The van der Waals surface area contributed by atoms with Crippen LogP contribution < -0.4 is 5.73 Å². The zero-order valence-corrected chi connectivity index (χ0v) is 11.7. The Morgan fingerprint density at radius 3 is 2.00 bits per heavy atom. The van der Waals surface area contributed by atoms with E-state index in [1.807, 2.05) is 0 Å². The van der Waals surface area contributed by atoms with E-state index in [1.165, 1.54) is 44.1 Å². The lowest BCUT2D eigenvalue weighted by Gasteiger charge is -2.59. The van der Waals surface area contributed by atoms with Crippen molar-refractivity contribution in [3.8, 4) is 0 Å². The molecule has 0 heterocycles. The van der Waals surface area contributed by atoms with Crippen LogP contribution in [0.1, 0.15) is 44.1 Å². The van der Waals surface area contributed by atoms with Crippen LogP contribution in [0.5, 0.6) is 0 Å². The molecule has 19 heavy (non-hydrogen) atoms. The summed E-state index contributed by atoms with van der Waals surface area (Å²) in [6.45, 7) is 0. The first kappa shape index (κ1) is 12.0. The van der Waals surface area contributed by atoms with Gasteiger partial charge in [0.25, 0.3) is 0 Å². The molecule has 0 aromatic heterocycles. The fourth-order valence-corrected chi connectivity index (χ4v) is 5.72. The molecule has 2 N–H and O–H groups in total. The first-order valence-electron chi connectivity index (χ1n) is 8.03. The van der Waals surface area contributed by atoms with Gasteiger partial charge in [0.05, 0.1) is 0 Å². The molecule has 0 radical (unpaired) electrons. The van der Waals surface area contributed by atoms with Crippen molar-refractivity contribution < 1.29 is 0 Å². The fraction of sp³-hybridized carbons (Fsp3) is 0.667. The van der Waals surface area contributed by atoms with Crippen LogP contribution in [-0.2, 0) is 6.42 Å². The average Bonchev–Trinajstić information content (AvgIpc) is 2.38. The lowest BCUT2D eigenvalue weighted by molar-refractivity contribution is -0.0667. The summed E-state index contributed by atoms with van der Waals surface area (Å²) in [6.07, 6.45) is 9.88. The summed E-state index contributed by atoms with van der Waals surface area (Å²) in [5.41, 5.74) is 8.62. The summed E-state index contributed by atoms with van der Waals surface area (Å²) < 4.78 is 0. The van der Waals surface area contributed by atoms with E-state index in [2.05, 4.69) is 30.3 Å². The Labute approximate surface area is 116 Å². The third-order valence-electron chi connectivity index (χ3n) is 6.17. The molecule has 0 saturated heterocycles. The van der Waals surface area contributed by atoms with Gasteiger partial charge in [-0.1, -0.05) is 30.3 Å². The highest BCUT2D eigenvalue weighted by atomic mass is 14.7. The van der Waals surface area contributed by atoms with Gasteiger partial charge in [0.15, 0.2) is 0 Å². The molecule has 4 fully saturated rings. The van der Waals surface area contributed by atoms with Gasteiger partial charge in [0.1, 0.15) is 0 Å². The minimum absolute atomic E-state index is 0.378. The maximum Gasteiger partial charge on any atom is 0.0136 e. The summed E-state index contributed by atoms with van der Waals surface area (Å²) in [5, 5.41) is 0. The number of hydrogen-bond donors (Lipinski definition) is 1. The molecular weight excluding hydrogens is 230 g/mol. The summed E-state index contributed by atoms with van der Waals surface area (Å²) in [5.74, 6) is 3.02. The highest BCUT2D eigenvalue weighted by Gasteiger charge is 2.53. The lowest BCUT2D eigenvalue weighted by atomic mass is 9.47. The van der Waals surface area contributed by atoms with Gasteiger partial charge in [-0.15, -0.1) is 0 Å². The lowest BCUT2D eigenvalue weighted by Crippen LogP contribution is -2.55. The minimum atomic E-state index is 0.378. The van der Waals surface area contributed by atoms with Crippen molar-refractivity contribution in [2.24, 2.45) is 28.9 Å². The molecule has 0 aliphatic heterocycles. The summed E-state index contributed by atoms with van der Waals surface area (Å²) in [7, 11) is 0. The fourth-order valence-electron chi connectivity index (χ4n) is 5.72. The zero-order chi connectivity index (χ0) is 12.9. The maximum atomic E-state index is 6.70. The molecular formula is C18H25N. The maximum absolute atomic E-state index is 6.70. The normalized spacial score (nSPS) is 41.4.